The molecule has 0 saturated carbocycles. The number of aryl methyl sites for hydroxylation is 1. The molecule has 3 heteroatoms. The van der Waals surface area contributed by atoms with E-state index in [0.29, 0.717) is 12.3 Å². The number of aliphatic carboxylic acids is 1. The normalized spacial score (nSPS) is 19.8. The zero-order chi connectivity index (χ0) is 13.8. The van der Waals surface area contributed by atoms with Crippen molar-refractivity contribution < 1.29 is 9.90 Å². The van der Waals surface area contributed by atoms with Crippen molar-refractivity contribution in [2.24, 2.45) is 5.92 Å². The lowest BCUT2D eigenvalue weighted by atomic mass is 10.0. The van der Waals surface area contributed by atoms with Gasteiger partial charge < -0.3 is 5.11 Å². The first-order chi connectivity index (χ1) is 9.06. The maximum atomic E-state index is 10.6. The second-order valence-electron chi connectivity index (χ2n) is 5.68. The van der Waals surface area contributed by atoms with Crippen molar-refractivity contribution in [2.45, 2.75) is 39.7 Å². The van der Waals surface area contributed by atoms with E-state index in [-0.39, 0.29) is 0 Å². The molecule has 1 aliphatic heterocycles. The van der Waals surface area contributed by atoms with Crippen LogP contribution in [0.25, 0.3) is 0 Å². The minimum Gasteiger partial charge on any atom is -0.481 e. The fourth-order valence-electron chi connectivity index (χ4n) is 2.84. The van der Waals surface area contributed by atoms with Gasteiger partial charge >= 0.3 is 5.97 Å². The summed E-state index contributed by atoms with van der Waals surface area (Å²) in [7, 11) is 0. The van der Waals surface area contributed by atoms with Crippen LogP contribution in [0.15, 0.2) is 18.2 Å². The highest BCUT2D eigenvalue weighted by Crippen LogP contribution is 2.24. The van der Waals surface area contributed by atoms with Crippen LogP contribution < -0.4 is 0 Å². The zero-order valence-corrected chi connectivity index (χ0v) is 11.9. The van der Waals surface area contributed by atoms with Gasteiger partial charge in [0.15, 0.2) is 0 Å². The fraction of sp³-hybridized carbons (Fsp3) is 0.562. The molecule has 1 aliphatic rings. The summed E-state index contributed by atoms with van der Waals surface area (Å²) in [6.45, 7) is 7.47. The second kappa shape index (κ2) is 6.20. The predicted octanol–water partition coefficient (Wildman–Crippen LogP) is 2.99. The standard InChI is InChI=1S/C16H23NO2/c1-12-4-3-5-15(13(12)2)11-17-9-8-14(10-17)6-7-16(18)19/h3-5,14H,6-11H2,1-2H3,(H,18,19). The summed E-state index contributed by atoms with van der Waals surface area (Å²) in [6, 6.07) is 6.47. The maximum absolute atomic E-state index is 10.6. The maximum Gasteiger partial charge on any atom is 0.303 e. The average Bonchev–Trinajstić information content (AvgIpc) is 2.80. The van der Waals surface area contributed by atoms with Gasteiger partial charge in [-0.15, -0.1) is 0 Å². The van der Waals surface area contributed by atoms with Crippen LogP contribution in [0.5, 0.6) is 0 Å². The molecule has 3 nitrogen and oxygen atoms in total. The first-order valence-electron chi connectivity index (χ1n) is 7.05. The van der Waals surface area contributed by atoms with E-state index < -0.39 is 5.97 Å². The molecule has 1 unspecified atom stereocenters. The Morgan fingerprint density at radius 3 is 2.95 bits per heavy atom. The van der Waals surface area contributed by atoms with E-state index in [0.717, 1.165) is 32.5 Å². The molecule has 104 valence electrons. The van der Waals surface area contributed by atoms with Gasteiger partial charge in [0, 0.05) is 19.5 Å². The van der Waals surface area contributed by atoms with Crippen LogP contribution in [-0.4, -0.2) is 29.1 Å². The fourth-order valence-corrected chi connectivity index (χ4v) is 2.84. The Balaban J connectivity index is 1.88. The number of benzene rings is 1. The van der Waals surface area contributed by atoms with Gasteiger partial charge in [0.2, 0.25) is 0 Å². The molecule has 0 aromatic heterocycles. The first-order valence-corrected chi connectivity index (χ1v) is 7.05. The number of rotatable bonds is 5. The summed E-state index contributed by atoms with van der Waals surface area (Å²) in [6.07, 6.45) is 2.26. The molecule has 1 fully saturated rings. The first kappa shape index (κ1) is 14.1. The molecule has 1 heterocycles. The molecule has 1 atom stereocenters. The highest BCUT2D eigenvalue weighted by molar-refractivity contribution is 5.66. The molecule has 0 radical (unpaired) electrons. The number of carboxylic acid groups (broad SMARTS) is 1. The molecule has 0 spiro atoms. The van der Waals surface area contributed by atoms with Gasteiger partial charge in [-0.3, -0.25) is 9.69 Å². The Hall–Kier alpha value is -1.35. The van der Waals surface area contributed by atoms with Crippen molar-refractivity contribution in [2.75, 3.05) is 13.1 Å². The van der Waals surface area contributed by atoms with Crippen molar-refractivity contribution >= 4 is 5.97 Å². The molecule has 0 aliphatic carbocycles. The smallest absolute Gasteiger partial charge is 0.303 e. The van der Waals surface area contributed by atoms with E-state index in [2.05, 4.69) is 36.9 Å². The number of likely N-dealkylation sites (tertiary alicyclic amines) is 1. The van der Waals surface area contributed by atoms with Crippen LogP contribution in [0.1, 0.15) is 36.0 Å². The Morgan fingerprint density at radius 1 is 1.42 bits per heavy atom. The lowest BCUT2D eigenvalue weighted by Crippen LogP contribution is -2.21. The highest BCUT2D eigenvalue weighted by Gasteiger charge is 2.23. The van der Waals surface area contributed by atoms with Crippen LogP contribution >= 0.6 is 0 Å². The van der Waals surface area contributed by atoms with Gasteiger partial charge in [0.25, 0.3) is 0 Å². The van der Waals surface area contributed by atoms with Gasteiger partial charge in [0.05, 0.1) is 0 Å². The number of carboxylic acids is 1. The van der Waals surface area contributed by atoms with Gasteiger partial charge in [-0.25, -0.2) is 0 Å². The van der Waals surface area contributed by atoms with Gasteiger partial charge in [-0.05, 0) is 55.8 Å². The molecule has 19 heavy (non-hydrogen) atoms. The third kappa shape index (κ3) is 3.80. The van der Waals surface area contributed by atoms with Crippen molar-refractivity contribution in [3.05, 3.63) is 34.9 Å². The average molecular weight is 261 g/mol. The third-order valence-electron chi connectivity index (χ3n) is 4.25. The van der Waals surface area contributed by atoms with Crippen molar-refractivity contribution in [1.29, 1.82) is 0 Å². The van der Waals surface area contributed by atoms with E-state index in [1.807, 2.05) is 0 Å². The molecule has 1 saturated heterocycles. The van der Waals surface area contributed by atoms with E-state index in [9.17, 15) is 4.79 Å². The topological polar surface area (TPSA) is 40.5 Å². The van der Waals surface area contributed by atoms with Crippen LogP contribution in [-0.2, 0) is 11.3 Å². The highest BCUT2D eigenvalue weighted by atomic mass is 16.4. The van der Waals surface area contributed by atoms with Crippen molar-refractivity contribution in [3.63, 3.8) is 0 Å². The molecule has 0 bridgehead atoms. The second-order valence-corrected chi connectivity index (χ2v) is 5.68. The lowest BCUT2D eigenvalue weighted by molar-refractivity contribution is -0.137. The third-order valence-corrected chi connectivity index (χ3v) is 4.25. The Bertz CT molecular complexity index is 456. The number of hydrogen-bond donors (Lipinski definition) is 1. The van der Waals surface area contributed by atoms with E-state index in [1.54, 1.807) is 0 Å². The number of carbonyl (C=O) groups is 1. The van der Waals surface area contributed by atoms with E-state index >= 15 is 0 Å². The molecule has 1 N–H and O–H groups in total. The summed E-state index contributed by atoms with van der Waals surface area (Å²) < 4.78 is 0. The molecule has 2 rings (SSSR count). The summed E-state index contributed by atoms with van der Waals surface area (Å²) in [5, 5.41) is 8.73. The quantitative estimate of drug-likeness (QED) is 0.885. The monoisotopic (exact) mass is 261 g/mol. The van der Waals surface area contributed by atoms with E-state index in [1.165, 1.54) is 16.7 Å². The predicted molar refractivity (Wildman–Crippen MR) is 76.2 cm³/mol. The molecule has 1 aromatic carbocycles. The van der Waals surface area contributed by atoms with Crippen LogP contribution in [0.3, 0.4) is 0 Å². The molecular formula is C16H23NO2. The zero-order valence-electron chi connectivity index (χ0n) is 11.9. The van der Waals surface area contributed by atoms with Crippen LogP contribution in [0.2, 0.25) is 0 Å². The Kier molecular flexibility index (Phi) is 4.59. The molecular weight excluding hydrogens is 238 g/mol. The summed E-state index contributed by atoms with van der Waals surface area (Å²) in [5.41, 5.74) is 4.13. The van der Waals surface area contributed by atoms with Gasteiger partial charge in [-0.1, -0.05) is 18.2 Å². The summed E-state index contributed by atoms with van der Waals surface area (Å²) in [5.74, 6) is -0.116. The lowest BCUT2D eigenvalue weighted by Gasteiger charge is -2.18. The minimum atomic E-state index is -0.673. The van der Waals surface area contributed by atoms with Crippen LogP contribution in [0.4, 0.5) is 0 Å². The largest absolute Gasteiger partial charge is 0.481 e. The van der Waals surface area contributed by atoms with Crippen molar-refractivity contribution in [1.82, 2.24) is 4.90 Å². The number of hydrogen-bond acceptors (Lipinski definition) is 2. The minimum absolute atomic E-state index is 0.308. The molecule has 1 aromatic rings. The molecule has 0 amide bonds. The summed E-state index contributed by atoms with van der Waals surface area (Å²) >= 11 is 0. The number of nitrogens with zero attached hydrogens (tertiary/aromatic N) is 1. The summed E-state index contributed by atoms with van der Waals surface area (Å²) in [4.78, 5) is 13.0. The van der Waals surface area contributed by atoms with E-state index in [4.69, 9.17) is 5.11 Å². The van der Waals surface area contributed by atoms with Gasteiger partial charge in [-0.2, -0.15) is 0 Å². The Labute approximate surface area is 115 Å². The van der Waals surface area contributed by atoms with Crippen molar-refractivity contribution in [3.8, 4) is 0 Å². The van der Waals surface area contributed by atoms with Gasteiger partial charge in [0.1, 0.15) is 0 Å². The van der Waals surface area contributed by atoms with Crippen LogP contribution in [0, 0.1) is 19.8 Å². The SMILES string of the molecule is Cc1cccc(CN2CCC(CCC(=O)O)C2)c1C. The Morgan fingerprint density at radius 2 is 2.21 bits per heavy atom.